The summed E-state index contributed by atoms with van der Waals surface area (Å²) in [6, 6.07) is 14.2. The SMILES string of the molecule is CN(C)CCCn1cc(/C=C/c2ccc(Cl)c(Cl)c2)c2ccccc21. The Morgan fingerprint density at radius 3 is 2.56 bits per heavy atom. The van der Waals surface area contributed by atoms with Crippen molar-refractivity contribution in [3.8, 4) is 0 Å². The number of rotatable bonds is 6. The molecule has 25 heavy (non-hydrogen) atoms. The summed E-state index contributed by atoms with van der Waals surface area (Å²) < 4.78 is 2.34. The molecule has 0 fully saturated rings. The maximum Gasteiger partial charge on any atom is 0.0598 e. The monoisotopic (exact) mass is 372 g/mol. The molecule has 3 rings (SSSR count). The zero-order chi connectivity index (χ0) is 17.8. The molecule has 0 aliphatic rings. The van der Waals surface area contributed by atoms with Gasteiger partial charge in [-0.2, -0.15) is 0 Å². The number of hydrogen-bond donors (Lipinski definition) is 0. The molecule has 0 atom stereocenters. The fraction of sp³-hybridized carbons (Fsp3) is 0.238. The summed E-state index contributed by atoms with van der Waals surface area (Å²) >= 11 is 12.1. The first-order valence-electron chi connectivity index (χ1n) is 8.40. The Labute approximate surface area is 159 Å². The van der Waals surface area contributed by atoms with E-state index < -0.39 is 0 Å². The van der Waals surface area contributed by atoms with Crippen LogP contribution < -0.4 is 0 Å². The molecular formula is C21H22Cl2N2. The van der Waals surface area contributed by atoms with Crippen molar-refractivity contribution < 1.29 is 0 Å². The molecule has 4 heteroatoms. The molecule has 0 amide bonds. The zero-order valence-corrected chi connectivity index (χ0v) is 16.1. The van der Waals surface area contributed by atoms with E-state index in [2.05, 4.69) is 66.2 Å². The summed E-state index contributed by atoms with van der Waals surface area (Å²) in [5, 5.41) is 2.43. The minimum absolute atomic E-state index is 0.579. The first kappa shape index (κ1) is 18.1. The number of benzene rings is 2. The van der Waals surface area contributed by atoms with E-state index in [1.807, 2.05) is 18.2 Å². The molecule has 0 aliphatic heterocycles. The predicted octanol–water partition coefficient (Wildman–Crippen LogP) is 6.07. The van der Waals surface area contributed by atoms with Gasteiger partial charge in [-0.05, 0) is 56.4 Å². The van der Waals surface area contributed by atoms with Gasteiger partial charge < -0.3 is 9.47 Å². The van der Waals surface area contributed by atoms with Crippen molar-refractivity contribution >= 4 is 46.3 Å². The van der Waals surface area contributed by atoms with Gasteiger partial charge in [0.2, 0.25) is 0 Å². The topological polar surface area (TPSA) is 8.17 Å². The highest BCUT2D eigenvalue weighted by Crippen LogP contribution is 2.26. The number of nitrogens with zero attached hydrogens (tertiary/aromatic N) is 2. The number of aryl methyl sites for hydroxylation is 1. The maximum absolute atomic E-state index is 6.10. The lowest BCUT2D eigenvalue weighted by molar-refractivity contribution is 0.388. The van der Waals surface area contributed by atoms with E-state index in [1.165, 1.54) is 16.5 Å². The molecule has 2 aromatic carbocycles. The normalized spacial score (nSPS) is 11.9. The molecule has 1 heterocycles. The van der Waals surface area contributed by atoms with Crippen LogP contribution in [0.15, 0.2) is 48.7 Å². The van der Waals surface area contributed by atoms with Crippen molar-refractivity contribution in [2.24, 2.45) is 0 Å². The number of aromatic nitrogens is 1. The summed E-state index contributed by atoms with van der Waals surface area (Å²) in [5.74, 6) is 0. The predicted molar refractivity (Wildman–Crippen MR) is 110 cm³/mol. The van der Waals surface area contributed by atoms with Crippen molar-refractivity contribution in [2.75, 3.05) is 20.6 Å². The molecule has 0 radical (unpaired) electrons. The first-order chi connectivity index (χ1) is 12.0. The highest BCUT2D eigenvalue weighted by molar-refractivity contribution is 6.42. The molecule has 0 aliphatic carbocycles. The lowest BCUT2D eigenvalue weighted by atomic mass is 10.1. The summed E-state index contributed by atoms with van der Waals surface area (Å²) in [7, 11) is 4.22. The van der Waals surface area contributed by atoms with Gasteiger partial charge in [0.1, 0.15) is 0 Å². The van der Waals surface area contributed by atoms with Gasteiger partial charge in [-0.3, -0.25) is 0 Å². The van der Waals surface area contributed by atoms with Crippen LogP contribution in [0.25, 0.3) is 23.1 Å². The van der Waals surface area contributed by atoms with Gasteiger partial charge in [0, 0.05) is 23.6 Å². The third-order valence-electron chi connectivity index (χ3n) is 4.22. The molecule has 0 saturated heterocycles. The van der Waals surface area contributed by atoms with Crippen LogP contribution in [-0.4, -0.2) is 30.1 Å². The van der Waals surface area contributed by atoms with Gasteiger partial charge in [-0.1, -0.05) is 59.6 Å². The first-order valence-corrected chi connectivity index (χ1v) is 9.16. The van der Waals surface area contributed by atoms with Crippen LogP contribution in [0, 0.1) is 0 Å². The Morgan fingerprint density at radius 2 is 1.80 bits per heavy atom. The second kappa shape index (κ2) is 8.09. The molecule has 2 nitrogen and oxygen atoms in total. The minimum Gasteiger partial charge on any atom is -0.347 e. The number of hydrogen-bond acceptors (Lipinski definition) is 1. The molecular weight excluding hydrogens is 351 g/mol. The average molecular weight is 373 g/mol. The van der Waals surface area contributed by atoms with E-state index in [1.54, 1.807) is 0 Å². The van der Waals surface area contributed by atoms with Crippen LogP contribution in [0.1, 0.15) is 17.5 Å². The van der Waals surface area contributed by atoms with Crippen LogP contribution >= 0.6 is 23.2 Å². The van der Waals surface area contributed by atoms with Crippen LogP contribution in [0.4, 0.5) is 0 Å². The van der Waals surface area contributed by atoms with Gasteiger partial charge in [0.25, 0.3) is 0 Å². The van der Waals surface area contributed by atoms with Gasteiger partial charge in [0.05, 0.1) is 10.0 Å². The van der Waals surface area contributed by atoms with Crippen LogP contribution in [0.2, 0.25) is 10.0 Å². The Balaban J connectivity index is 1.88. The quantitative estimate of drug-likeness (QED) is 0.509. The number of halogens is 2. The van der Waals surface area contributed by atoms with Crippen molar-refractivity contribution in [3.63, 3.8) is 0 Å². The summed E-state index contributed by atoms with van der Waals surface area (Å²) in [5.41, 5.74) is 3.53. The standard InChI is InChI=1S/C21H22Cl2N2/c1-24(2)12-5-13-25-15-17(18-6-3-4-7-21(18)25)10-8-16-9-11-19(22)20(23)14-16/h3-4,6-11,14-15H,5,12-13H2,1-2H3/b10-8+. The Bertz CT molecular complexity index is 894. The Hall–Kier alpha value is -1.74. The van der Waals surface area contributed by atoms with Crippen molar-refractivity contribution in [1.82, 2.24) is 9.47 Å². The van der Waals surface area contributed by atoms with Gasteiger partial charge in [-0.15, -0.1) is 0 Å². The molecule has 0 bridgehead atoms. The van der Waals surface area contributed by atoms with Gasteiger partial charge in [-0.25, -0.2) is 0 Å². The zero-order valence-electron chi connectivity index (χ0n) is 14.5. The second-order valence-corrected chi connectivity index (χ2v) is 7.27. The molecule has 0 unspecified atom stereocenters. The fourth-order valence-corrected chi connectivity index (χ4v) is 3.26. The lowest BCUT2D eigenvalue weighted by Gasteiger charge is -2.10. The van der Waals surface area contributed by atoms with E-state index >= 15 is 0 Å². The smallest absolute Gasteiger partial charge is 0.0598 e. The van der Waals surface area contributed by atoms with E-state index in [-0.39, 0.29) is 0 Å². The van der Waals surface area contributed by atoms with Crippen LogP contribution in [0.5, 0.6) is 0 Å². The maximum atomic E-state index is 6.10. The molecule has 0 N–H and O–H groups in total. The van der Waals surface area contributed by atoms with E-state index in [4.69, 9.17) is 23.2 Å². The molecule has 1 aromatic heterocycles. The van der Waals surface area contributed by atoms with Crippen molar-refractivity contribution in [2.45, 2.75) is 13.0 Å². The largest absolute Gasteiger partial charge is 0.347 e. The number of para-hydroxylation sites is 1. The Kier molecular flexibility index (Phi) is 5.85. The van der Waals surface area contributed by atoms with E-state index in [0.29, 0.717) is 10.0 Å². The van der Waals surface area contributed by atoms with Crippen molar-refractivity contribution in [1.29, 1.82) is 0 Å². The number of fused-ring (bicyclic) bond motifs is 1. The van der Waals surface area contributed by atoms with E-state index in [9.17, 15) is 0 Å². The fourth-order valence-electron chi connectivity index (χ4n) is 2.95. The summed E-state index contributed by atoms with van der Waals surface area (Å²) in [4.78, 5) is 2.22. The lowest BCUT2D eigenvalue weighted by Crippen LogP contribution is -2.14. The highest BCUT2D eigenvalue weighted by Gasteiger charge is 2.06. The van der Waals surface area contributed by atoms with Crippen LogP contribution in [0.3, 0.4) is 0 Å². The molecule has 0 spiro atoms. The second-order valence-electron chi connectivity index (χ2n) is 6.46. The summed E-state index contributed by atoms with van der Waals surface area (Å²) in [6.07, 6.45) is 7.58. The third-order valence-corrected chi connectivity index (χ3v) is 4.96. The molecule has 3 aromatic rings. The van der Waals surface area contributed by atoms with Crippen LogP contribution in [-0.2, 0) is 6.54 Å². The van der Waals surface area contributed by atoms with Gasteiger partial charge >= 0.3 is 0 Å². The summed E-state index contributed by atoms with van der Waals surface area (Å²) in [6.45, 7) is 2.10. The molecule has 130 valence electrons. The third kappa shape index (κ3) is 4.46. The minimum atomic E-state index is 0.579. The Morgan fingerprint density at radius 1 is 1.00 bits per heavy atom. The van der Waals surface area contributed by atoms with E-state index in [0.717, 1.165) is 25.1 Å². The van der Waals surface area contributed by atoms with Crippen molar-refractivity contribution in [3.05, 3.63) is 69.8 Å². The molecule has 0 saturated carbocycles. The average Bonchev–Trinajstić information content (AvgIpc) is 2.94. The van der Waals surface area contributed by atoms with Gasteiger partial charge in [0.15, 0.2) is 0 Å². The highest BCUT2D eigenvalue weighted by atomic mass is 35.5.